The van der Waals surface area contributed by atoms with Crippen molar-refractivity contribution in [2.24, 2.45) is 0 Å². The third-order valence-electron chi connectivity index (χ3n) is 3.23. The van der Waals surface area contributed by atoms with E-state index in [9.17, 15) is 4.79 Å². The van der Waals surface area contributed by atoms with E-state index in [2.05, 4.69) is 20.5 Å². The first kappa shape index (κ1) is 14.2. The van der Waals surface area contributed by atoms with Crippen LogP contribution in [0.5, 0.6) is 0 Å². The van der Waals surface area contributed by atoms with E-state index in [0.717, 1.165) is 23.2 Å². The zero-order chi connectivity index (χ0) is 14.4. The minimum absolute atomic E-state index is 0.0209. The van der Waals surface area contributed by atoms with Crippen molar-refractivity contribution in [2.75, 3.05) is 0 Å². The number of rotatable bonds is 6. The van der Waals surface area contributed by atoms with Crippen LogP contribution in [0.4, 0.5) is 0 Å². The molecule has 5 nitrogen and oxygen atoms in total. The quantitative estimate of drug-likeness (QED) is 0.847. The Balaban J connectivity index is 1.89. The van der Waals surface area contributed by atoms with Gasteiger partial charge in [-0.2, -0.15) is 5.10 Å². The highest BCUT2D eigenvalue weighted by Gasteiger charge is 2.13. The molecule has 0 radical (unpaired) electrons. The van der Waals surface area contributed by atoms with Crippen LogP contribution >= 0.6 is 0 Å². The molecule has 106 valence electrons. The molecule has 0 bridgehead atoms. The normalized spacial score (nSPS) is 12.1. The second kappa shape index (κ2) is 6.84. The first-order chi connectivity index (χ1) is 9.69. The lowest BCUT2D eigenvalue weighted by molar-refractivity contribution is -0.121. The monoisotopic (exact) mass is 272 g/mol. The van der Waals surface area contributed by atoms with Crippen molar-refractivity contribution in [3.05, 3.63) is 47.5 Å². The first-order valence-corrected chi connectivity index (χ1v) is 6.88. The molecule has 0 unspecified atom stereocenters. The molecule has 0 aliphatic heterocycles. The lowest BCUT2D eigenvalue weighted by Crippen LogP contribution is -2.28. The van der Waals surface area contributed by atoms with Crippen LogP contribution in [0.2, 0.25) is 0 Å². The fourth-order valence-corrected chi connectivity index (χ4v) is 2.01. The Labute approximate surface area is 118 Å². The van der Waals surface area contributed by atoms with Crippen molar-refractivity contribution in [3.63, 3.8) is 0 Å². The van der Waals surface area contributed by atoms with Crippen LogP contribution in [0, 0.1) is 6.92 Å². The van der Waals surface area contributed by atoms with Gasteiger partial charge in [-0.25, -0.2) is 0 Å². The van der Waals surface area contributed by atoms with Gasteiger partial charge in [0.05, 0.1) is 17.9 Å². The summed E-state index contributed by atoms with van der Waals surface area (Å²) in [7, 11) is 0. The molecule has 1 atom stereocenters. The molecular formula is C15H20N4O. The smallest absolute Gasteiger partial charge is 0.220 e. The Morgan fingerprint density at radius 2 is 2.25 bits per heavy atom. The third kappa shape index (κ3) is 3.91. The largest absolute Gasteiger partial charge is 0.348 e. The molecule has 0 saturated carbocycles. The van der Waals surface area contributed by atoms with Crippen molar-refractivity contribution in [2.45, 2.75) is 39.2 Å². The van der Waals surface area contributed by atoms with Crippen LogP contribution in [0.15, 0.2) is 30.7 Å². The number of aromatic nitrogens is 3. The van der Waals surface area contributed by atoms with E-state index in [-0.39, 0.29) is 11.9 Å². The predicted molar refractivity (Wildman–Crippen MR) is 77.1 cm³/mol. The Bertz CT molecular complexity index is 534. The molecule has 2 rings (SSSR count). The van der Waals surface area contributed by atoms with Gasteiger partial charge in [0.2, 0.25) is 5.91 Å². The summed E-state index contributed by atoms with van der Waals surface area (Å²) >= 11 is 0. The summed E-state index contributed by atoms with van der Waals surface area (Å²) in [6, 6.07) is 3.97. The third-order valence-corrected chi connectivity index (χ3v) is 3.23. The number of carbonyl (C=O) groups is 1. The number of nitrogens with zero attached hydrogens (tertiary/aromatic N) is 2. The number of aromatic amines is 1. The highest BCUT2D eigenvalue weighted by atomic mass is 16.1. The fraction of sp³-hybridized carbons (Fsp3) is 0.400. The Morgan fingerprint density at radius 3 is 2.85 bits per heavy atom. The number of amides is 1. The number of hydrogen-bond donors (Lipinski definition) is 2. The summed E-state index contributed by atoms with van der Waals surface area (Å²) < 4.78 is 0. The Hall–Kier alpha value is -2.17. The molecule has 2 aromatic rings. The maximum atomic E-state index is 12.0. The van der Waals surface area contributed by atoms with Gasteiger partial charge in [0.1, 0.15) is 0 Å². The summed E-state index contributed by atoms with van der Waals surface area (Å²) in [5.41, 5.74) is 3.08. The number of hydrogen-bond acceptors (Lipinski definition) is 3. The molecule has 20 heavy (non-hydrogen) atoms. The number of pyridine rings is 1. The zero-order valence-corrected chi connectivity index (χ0v) is 11.9. The Kier molecular flexibility index (Phi) is 4.87. The van der Waals surface area contributed by atoms with Gasteiger partial charge < -0.3 is 5.32 Å². The molecule has 1 amide bonds. The van der Waals surface area contributed by atoms with Crippen molar-refractivity contribution < 1.29 is 4.79 Å². The molecule has 0 spiro atoms. The van der Waals surface area contributed by atoms with Gasteiger partial charge >= 0.3 is 0 Å². The molecule has 5 heteroatoms. The molecule has 0 aromatic carbocycles. The van der Waals surface area contributed by atoms with Gasteiger partial charge in [-0.15, -0.1) is 0 Å². The SMILES string of the molecule is CC[C@H](NC(=O)CCc1cn[nH]c1)c1ccc(C)cn1. The fourth-order valence-electron chi connectivity index (χ4n) is 2.01. The first-order valence-electron chi connectivity index (χ1n) is 6.88. The van der Waals surface area contributed by atoms with Crippen molar-refractivity contribution in [1.29, 1.82) is 0 Å². The Morgan fingerprint density at radius 1 is 1.40 bits per heavy atom. The van der Waals surface area contributed by atoms with E-state index < -0.39 is 0 Å². The standard InChI is InChI=1S/C15H20N4O/c1-3-13(14-6-4-11(2)8-16-14)19-15(20)7-5-12-9-17-18-10-12/h4,6,8-10,13H,3,5,7H2,1-2H3,(H,17,18)(H,19,20)/t13-/m0/s1. The average molecular weight is 272 g/mol. The van der Waals surface area contributed by atoms with Crippen LogP contribution in [0.1, 0.15) is 42.6 Å². The molecule has 0 fully saturated rings. The highest BCUT2D eigenvalue weighted by molar-refractivity contribution is 5.76. The van der Waals surface area contributed by atoms with Crippen LogP contribution in [0.25, 0.3) is 0 Å². The molecule has 2 heterocycles. The topological polar surface area (TPSA) is 70.7 Å². The van der Waals surface area contributed by atoms with Gasteiger partial charge in [-0.05, 0) is 37.0 Å². The zero-order valence-electron chi connectivity index (χ0n) is 11.9. The summed E-state index contributed by atoms with van der Waals surface area (Å²) in [6.07, 6.45) is 7.36. The van der Waals surface area contributed by atoms with E-state index in [1.54, 1.807) is 6.20 Å². The van der Waals surface area contributed by atoms with Crippen LogP contribution in [-0.2, 0) is 11.2 Å². The number of carbonyl (C=O) groups excluding carboxylic acids is 1. The van der Waals surface area contributed by atoms with Crippen molar-refractivity contribution in [1.82, 2.24) is 20.5 Å². The van der Waals surface area contributed by atoms with Gasteiger partial charge in [0.25, 0.3) is 0 Å². The molecule has 2 N–H and O–H groups in total. The number of aryl methyl sites for hydroxylation is 2. The van der Waals surface area contributed by atoms with Crippen molar-refractivity contribution >= 4 is 5.91 Å². The minimum Gasteiger partial charge on any atom is -0.348 e. The van der Waals surface area contributed by atoms with E-state index in [1.165, 1.54) is 0 Å². The molecule has 2 aromatic heterocycles. The second-order valence-electron chi connectivity index (χ2n) is 4.90. The maximum Gasteiger partial charge on any atom is 0.220 e. The molecule has 0 aliphatic carbocycles. The van der Waals surface area contributed by atoms with Crippen LogP contribution in [-0.4, -0.2) is 21.1 Å². The minimum atomic E-state index is -0.0209. The van der Waals surface area contributed by atoms with Gasteiger partial charge in [-0.1, -0.05) is 13.0 Å². The van der Waals surface area contributed by atoms with Crippen molar-refractivity contribution in [3.8, 4) is 0 Å². The van der Waals surface area contributed by atoms with E-state index in [1.807, 2.05) is 38.4 Å². The summed E-state index contributed by atoms with van der Waals surface area (Å²) in [4.78, 5) is 16.4. The van der Waals surface area contributed by atoms with E-state index in [0.29, 0.717) is 12.8 Å². The van der Waals surface area contributed by atoms with Gasteiger partial charge in [-0.3, -0.25) is 14.9 Å². The maximum absolute atomic E-state index is 12.0. The highest BCUT2D eigenvalue weighted by Crippen LogP contribution is 2.14. The molecular weight excluding hydrogens is 252 g/mol. The molecule has 0 saturated heterocycles. The second-order valence-corrected chi connectivity index (χ2v) is 4.90. The predicted octanol–water partition coefficient (Wildman–Crippen LogP) is 2.31. The number of nitrogens with one attached hydrogen (secondary N) is 2. The number of H-pyrrole nitrogens is 1. The van der Waals surface area contributed by atoms with Gasteiger partial charge in [0, 0.05) is 18.8 Å². The summed E-state index contributed by atoms with van der Waals surface area (Å²) in [5, 5.41) is 9.64. The lowest BCUT2D eigenvalue weighted by Gasteiger charge is -2.16. The summed E-state index contributed by atoms with van der Waals surface area (Å²) in [6.45, 7) is 4.05. The molecule has 0 aliphatic rings. The van der Waals surface area contributed by atoms with Crippen LogP contribution in [0.3, 0.4) is 0 Å². The van der Waals surface area contributed by atoms with Crippen LogP contribution < -0.4 is 5.32 Å². The summed E-state index contributed by atoms with van der Waals surface area (Å²) in [5.74, 6) is 0.0421. The average Bonchev–Trinajstić information content (AvgIpc) is 2.97. The van der Waals surface area contributed by atoms with Gasteiger partial charge in [0.15, 0.2) is 0 Å². The van der Waals surface area contributed by atoms with E-state index in [4.69, 9.17) is 0 Å². The van der Waals surface area contributed by atoms with E-state index >= 15 is 0 Å². The lowest BCUT2D eigenvalue weighted by atomic mass is 10.1.